The lowest BCUT2D eigenvalue weighted by Gasteiger charge is -2.26. The molecule has 0 fully saturated rings. The fraction of sp³-hybridized carbons (Fsp3) is 0.500. The molecule has 0 saturated heterocycles. The van der Waals surface area contributed by atoms with E-state index in [0.29, 0.717) is 11.8 Å². The number of benzene rings is 2. The largest absolute Gasteiger partial charge is 0.461 e. The number of ether oxygens (including phenoxy) is 1. The van der Waals surface area contributed by atoms with E-state index < -0.39 is 0 Å². The molecule has 2 nitrogen and oxygen atoms in total. The van der Waals surface area contributed by atoms with E-state index in [1.165, 1.54) is 42.2 Å². The molecule has 0 aliphatic rings. The first-order chi connectivity index (χ1) is 13.8. The third-order valence-electron chi connectivity index (χ3n) is 5.44. The van der Waals surface area contributed by atoms with Crippen LogP contribution in [0, 0.1) is 5.82 Å². The van der Waals surface area contributed by atoms with Crippen LogP contribution in [0.2, 0.25) is 0 Å². The van der Waals surface area contributed by atoms with Gasteiger partial charge >= 0.3 is 5.97 Å². The zero-order valence-corrected chi connectivity index (χ0v) is 18.8. The Labute approximate surface area is 175 Å². The Balaban J connectivity index is 2.80. The lowest BCUT2D eigenvalue weighted by atomic mass is 9.80. The number of carbonyl (C=O) groups is 1. The Morgan fingerprint density at radius 1 is 0.966 bits per heavy atom. The standard InChI is InChI=1S/C26H35FO2/c1-7-8-9-10-22-23(17(2)3)15-24(18(4)5)25(16-29-19(6)28)26(22)20-11-13-21(27)14-12-20/h11-15,17-18H,7-10,16H2,1-6H3. The number of hydrogen-bond donors (Lipinski definition) is 0. The number of hydrogen-bond acceptors (Lipinski definition) is 2. The molecule has 0 aromatic heterocycles. The number of unbranched alkanes of at least 4 members (excludes halogenated alkanes) is 2. The first-order valence-electron chi connectivity index (χ1n) is 10.8. The highest BCUT2D eigenvalue weighted by molar-refractivity contribution is 5.75. The van der Waals surface area contributed by atoms with Gasteiger partial charge in [0.05, 0.1) is 0 Å². The maximum atomic E-state index is 13.7. The average molecular weight is 399 g/mol. The smallest absolute Gasteiger partial charge is 0.302 e. The molecule has 2 aromatic carbocycles. The predicted molar refractivity (Wildman–Crippen MR) is 119 cm³/mol. The monoisotopic (exact) mass is 398 g/mol. The van der Waals surface area contributed by atoms with Gasteiger partial charge in [-0.1, -0.05) is 65.7 Å². The van der Waals surface area contributed by atoms with Gasteiger partial charge < -0.3 is 4.74 Å². The maximum absolute atomic E-state index is 13.7. The molecule has 0 aliphatic carbocycles. The van der Waals surface area contributed by atoms with Crippen molar-refractivity contribution in [1.82, 2.24) is 0 Å². The minimum absolute atomic E-state index is 0.244. The van der Waals surface area contributed by atoms with Crippen LogP contribution < -0.4 is 0 Å². The van der Waals surface area contributed by atoms with Gasteiger partial charge in [0.15, 0.2) is 0 Å². The normalized spacial score (nSPS) is 11.3. The summed E-state index contributed by atoms with van der Waals surface area (Å²) in [7, 11) is 0. The third kappa shape index (κ3) is 5.91. The Kier molecular flexibility index (Phi) is 8.43. The lowest BCUT2D eigenvalue weighted by Crippen LogP contribution is -2.11. The Hall–Kier alpha value is -2.16. The second kappa shape index (κ2) is 10.6. The molecule has 0 heterocycles. The van der Waals surface area contributed by atoms with Crippen LogP contribution in [0.25, 0.3) is 11.1 Å². The van der Waals surface area contributed by atoms with E-state index in [4.69, 9.17) is 4.74 Å². The SMILES string of the molecule is CCCCCc1c(C(C)C)cc(C(C)C)c(COC(C)=O)c1-c1ccc(F)cc1. The zero-order valence-electron chi connectivity index (χ0n) is 18.8. The second-order valence-electron chi connectivity index (χ2n) is 8.44. The van der Waals surface area contributed by atoms with Crippen LogP contribution in [-0.2, 0) is 22.6 Å². The summed E-state index contributed by atoms with van der Waals surface area (Å²) in [5.41, 5.74) is 7.02. The average Bonchev–Trinajstić information content (AvgIpc) is 2.66. The topological polar surface area (TPSA) is 26.3 Å². The van der Waals surface area contributed by atoms with E-state index in [-0.39, 0.29) is 18.4 Å². The fourth-order valence-electron chi connectivity index (χ4n) is 3.96. The molecule has 2 aromatic rings. The molecule has 0 unspecified atom stereocenters. The lowest BCUT2D eigenvalue weighted by molar-refractivity contribution is -0.142. The van der Waals surface area contributed by atoms with Crippen LogP contribution in [0.4, 0.5) is 4.39 Å². The maximum Gasteiger partial charge on any atom is 0.302 e. The molecule has 0 spiro atoms. The van der Waals surface area contributed by atoms with Crippen molar-refractivity contribution in [1.29, 1.82) is 0 Å². The van der Waals surface area contributed by atoms with E-state index in [1.807, 2.05) is 12.1 Å². The molecule has 158 valence electrons. The van der Waals surface area contributed by atoms with Gasteiger partial charge in [0.2, 0.25) is 0 Å². The first-order valence-corrected chi connectivity index (χ1v) is 10.8. The summed E-state index contributed by atoms with van der Waals surface area (Å²) in [6, 6.07) is 9.02. The van der Waals surface area contributed by atoms with Gasteiger partial charge in [-0.25, -0.2) is 4.39 Å². The van der Waals surface area contributed by atoms with Gasteiger partial charge in [0.1, 0.15) is 12.4 Å². The molecule has 0 saturated carbocycles. The molecular weight excluding hydrogens is 363 g/mol. The number of carbonyl (C=O) groups excluding carboxylic acids is 1. The van der Waals surface area contributed by atoms with Crippen molar-refractivity contribution in [3.8, 4) is 11.1 Å². The minimum Gasteiger partial charge on any atom is -0.461 e. The van der Waals surface area contributed by atoms with Gasteiger partial charge in [0, 0.05) is 12.5 Å². The number of halogens is 1. The molecule has 0 aliphatic heterocycles. The summed E-state index contributed by atoms with van der Waals surface area (Å²) in [5.74, 6) is 0.144. The zero-order chi connectivity index (χ0) is 21.6. The van der Waals surface area contributed by atoms with Crippen LogP contribution in [0.5, 0.6) is 0 Å². The highest BCUT2D eigenvalue weighted by atomic mass is 19.1. The molecule has 0 amide bonds. The van der Waals surface area contributed by atoms with Crippen LogP contribution in [0.15, 0.2) is 30.3 Å². The van der Waals surface area contributed by atoms with Crippen molar-refractivity contribution in [2.75, 3.05) is 0 Å². The summed E-state index contributed by atoms with van der Waals surface area (Å²) in [6.07, 6.45) is 4.41. The van der Waals surface area contributed by atoms with E-state index in [9.17, 15) is 9.18 Å². The molecule has 0 radical (unpaired) electrons. The molecule has 3 heteroatoms. The Morgan fingerprint density at radius 2 is 1.55 bits per heavy atom. The van der Waals surface area contributed by atoms with Crippen LogP contribution in [0.3, 0.4) is 0 Å². The summed E-state index contributed by atoms with van der Waals surface area (Å²) in [4.78, 5) is 11.6. The van der Waals surface area contributed by atoms with Crippen molar-refractivity contribution in [2.45, 2.75) is 85.7 Å². The van der Waals surface area contributed by atoms with Crippen LogP contribution in [-0.4, -0.2) is 5.97 Å². The quantitative estimate of drug-likeness (QED) is 0.322. The second-order valence-corrected chi connectivity index (χ2v) is 8.44. The number of esters is 1. The Bertz CT molecular complexity index is 820. The predicted octanol–water partition coefficient (Wildman–Crippen LogP) is 7.54. The van der Waals surface area contributed by atoms with E-state index in [0.717, 1.165) is 36.0 Å². The van der Waals surface area contributed by atoms with Crippen molar-refractivity contribution >= 4 is 5.97 Å². The molecule has 0 N–H and O–H groups in total. The summed E-state index contributed by atoms with van der Waals surface area (Å²) in [5, 5.41) is 0. The van der Waals surface area contributed by atoms with Crippen molar-refractivity contribution in [3.63, 3.8) is 0 Å². The molecule has 0 bridgehead atoms. The third-order valence-corrected chi connectivity index (χ3v) is 5.44. The van der Waals surface area contributed by atoms with E-state index >= 15 is 0 Å². The summed E-state index contributed by atoms with van der Waals surface area (Å²) < 4.78 is 19.1. The van der Waals surface area contributed by atoms with Crippen molar-refractivity contribution in [3.05, 3.63) is 58.4 Å². The molecular formula is C26H35FO2. The van der Waals surface area contributed by atoms with Gasteiger partial charge in [-0.05, 0) is 64.6 Å². The first kappa shape index (κ1) is 23.1. The van der Waals surface area contributed by atoms with Crippen molar-refractivity contribution < 1.29 is 13.9 Å². The van der Waals surface area contributed by atoms with Crippen LogP contribution in [0.1, 0.15) is 94.9 Å². The van der Waals surface area contributed by atoms with Gasteiger partial charge in [-0.2, -0.15) is 0 Å². The minimum atomic E-state index is -0.287. The van der Waals surface area contributed by atoms with Gasteiger partial charge in [-0.15, -0.1) is 0 Å². The Morgan fingerprint density at radius 3 is 2.07 bits per heavy atom. The highest BCUT2D eigenvalue weighted by Gasteiger charge is 2.22. The molecule has 2 rings (SSSR count). The fourth-order valence-corrected chi connectivity index (χ4v) is 3.96. The summed E-state index contributed by atoms with van der Waals surface area (Å²) >= 11 is 0. The van der Waals surface area contributed by atoms with Crippen molar-refractivity contribution in [2.24, 2.45) is 0 Å². The van der Waals surface area contributed by atoms with Gasteiger partial charge in [-0.3, -0.25) is 4.79 Å². The van der Waals surface area contributed by atoms with E-state index in [2.05, 4.69) is 40.7 Å². The van der Waals surface area contributed by atoms with E-state index in [1.54, 1.807) is 0 Å². The van der Waals surface area contributed by atoms with Gasteiger partial charge in [0.25, 0.3) is 0 Å². The molecule has 29 heavy (non-hydrogen) atoms. The van der Waals surface area contributed by atoms with Crippen LogP contribution >= 0.6 is 0 Å². The number of rotatable bonds is 9. The molecule has 0 atom stereocenters. The highest BCUT2D eigenvalue weighted by Crippen LogP contribution is 2.39. The summed E-state index contributed by atoms with van der Waals surface area (Å²) in [6.45, 7) is 12.7.